The van der Waals surface area contributed by atoms with Gasteiger partial charge in [0.15, 0.2) is 0 Å². The van der Waals surface area contributed by atoms with E-state index in [0.29, 0.717) is 12.5 Å². The minimum absolute atomic E-state index is 0.451. The SMILES string of the molecule is Cc1cc(COc2ccc(Br)cc2)oc1CNCC(C)C. The van der Waals surface area contributed by atoms with E-state index in [-0.39, 0.29) is 0 Å². The molecular weight excluding hydrogens is 330 g/mol. The van der Waals surface area contributed by atoms with Crippen LogP contribution in [-0.4, -0.2) is 6.54 Å². The molecule has 0 saturated carbocycles. The molecule has 114 valence electrons. The predicted molar refractivity (Wildman–Crippen MR) is 88.5 cm³/mol. The van der Waals surface area contributed by atoms with Crippen LogP contribution in [0, 0.1) is 12.8 Å². The van der Waals surface area contributed by atoms with Gasteiger partial charge in [0, 0.05) is 4.47 Å². The van der Waals surface area contributed by atoms with Crippen LogP contribution in [0.1, 0.15) is 30.9 Å². The smallest absolute Gasteiger partial charge is 0.146 e. The fraction of sp³-hybridized carbons (Fsp3) is 0.412. The van der Waals surface area contributed by atoms with Crippen molar-refractivity contribution in [3.8, 4) is 5.75 Å². The van der Waals surface area contributed by atoms with Crippen LogP contribution in [0.3, 0.4) is 0 Å². The minimum atomic E-state index is 0.451. The molecule has 0 aliphatic heterocycles. The predicted octanol–water partition coefficient (Wildman–Crippen LogP) is 4.68. The third-order valence-corrected chi connectivity index (χ3v) is 3.63. The number of hydrogen-bond donors (Lipinski definition) is 1. The van der Waals surface area contributed by atoms with Gasteiger partial charge in [-0.1, -0.05) is 29.8 Å². The lowest BCUT2D eigenvalue weighted by Crippen LogP contribution is -2.18. The molecule has 0 spiro atoms. The second-order valence-electron chi connectivity index (χ2n) is 5.59. The summed E-state index contributed by atoms with van der Waals surface area (Å²) in [4.78, 5) is 0. The summed E-state index contributed by atoms with van der Waals surface area (Å²) in [6.45, 7) is 8.66. The first-order chi connectivity index (χ1) is 10.0. The summed E-state index contributed by atoms with van der Waals surface area (Å²) >= 11 is 3.41. The van der Waals surface area contributed by atoms with E-state index in [0.717, 1.165) is 34.8 Å². The Kier molecular flexibility index (Phi) is 5.88. The van der Waals surface area contributed by atoms with E-state index in [9.17, 15) is 0 Å². The molecule has 0 aliphatic carbocycles. The van der Waals surface area contributed by atoms with Crippen molar-refractivity contribution >= 4 is 15.9 Å². The number of furan rings is 1. The summed E-state index contributed by atoms with van der Waals surface area (Å²) in [6.07, 6.45) is 0. The quantitative estimate of drug-likeness (QED) is 0.786. The van der Waals surface area contributed by atoms with Crippen molar-refractivity contribution in [2.45, 2.75) is 33.9 Å². The number of ether oxygens (including phenoxy) is 1. The molecule has 0 aliphatic rings. The number of aryl methyl sites for hydroxylation is 1. The highest BCUT2D eigenvalue weighted by Crippen LogP contribution is 2.19. The zero-order valence-corrected chi connectivity index (χ0v) is 14.4. The average molecular weight is 352 g/mol. The third kappa shape index (κ3) is 5.21. The molecule has 3 nitrogen and oxygen atoms in total. The van der Waals surface area contributed by atoms with E-state index in [1.54, 1.807) is 0 Å². The topological polar surface area (TPSA) is 34.4 Å². The molecule has 2 rings (SSSR count). The number of hydrogen-bond acceptors (Lipinski definition) is 3. The minimum Gasteiger partial charge on any atom is -0.486 e. The van der Waals surface area contributed by atoms with Crippen LogP contribution in [0.5, 0.6) is 5.75 Å². The molecule has 0 atom stereocenters. The van der Waals surface area contributed by atoms with Gasteiger partial charge < -0.3 is 14.5 Å². The molecule has 0 bridgehead atoms. The summed E-state index contributed by atoms with van der Waals surface area (Å²) < 4.78 is 12.6. The maximum atomic E-state index is 5.84. The van der Waals surface area contributed by atoms with E-state index in [1.165, 1.54) is 5.56 Å². The molecule has 0 unspecified atom stereocenters. The average Bonchev–Trinajstić information content (AvgIpc) is 2.78. The molecule has 1 aromatic carbocycles. The third-order valence-electron chi connectivity index (χ3n) is 3.10. The maximum Gasteiger partial charge on any atom is 0.146 e. The first-order valence-electron chi connectivity index (χ1n) is 7.22. The highest BCUT2D eigenvalue weighted by Gasteiger charge is 2.08. The Bertz CT molecular complexity index is 561. The van der Waals surface area contributed by atoms with Crippen LogP contribution in [0.2, 0.25) is 0 Å². The van der Waals surface area contributed by atoms with Crippen LogP contribution in [0.25, 0.3) is 0 Å². The van der Waals surface area contributed by atoms with Gasteiger partial charge in [-0.05, 0) is 55.3 Å². The fourth-order valence-electron chi connectivity index (χ4n) is 2.00. The Morgan fingerprint density at radius 2 is 1.95 bits per heavy atom. The Labute approximate surface area is 134 Å². The van der Waals surface area contributed by atoms with Gasteiger partial charge in [-0.2, -0.15) is 0 Å². The summed E-state index contributed by atoms with van der Waals surface area (Å²) in [5.41, 5.74) is 1.17. The van der Waals surface area contributed by atoms with Crippen molar-refractivity contribution in [3.63, 3.8) is 0 Å². The van der Waals surface area contributed by atoms with Gasteiger partial charge in [-0.25, -0.2) is 0 Å². The molecular formula is C17H22BrNO2. The van der Waals surface area contributed by atoms with Crippen LogP contribution in [-0.2, 0) is 13.2 Å². The zero-order valence-electron chi connectivity index (χ0n) is 12.8. The first-order valence-corrected chi connectivity index (χ1v) is 8.01. The van der Waals surface area contributed by atoms with E-state index < -0.39 is 0 Å². The molecule has 1 N–H and O–H groups in total. The molecule has 0 fully saturated rings. The highest BCUT2D eigenvalue weighted by atomic mass is 79.9. The van der Waals surface area contributed by atoms with Gasteiger partial charge in [0.1, 0.15) is 23.9 Å². The van der Waals surface area contributed by atoms with Crippen LogP contribution >= 0.6 is 15.9 Å². The van der Waals surface area contributed by atoms with Crippen molar-refractivity contribution in [3.05, 3.63) is 51.9 Å². The van der Waals surface area contributed by atoms with Crippen molar-refractivity contribution in [1.29, 1.82) is 0 Å². The molecule has 0 amide bonds. The van der Waals surface area contributed by atoms with E-state index >= 15 is 0 Å². The Morgan fingerprint density at radius 1 is 1.24 bits per heavy atom. The van der Waals surface area contributed by atoms with E-state index in [2.05, 4.69) is 42.0 Å². The van der Waals surface area contributed by atoms with Gasteiger partial charge in [-0.15, -0.1) is 0 Å². The lowest BCUT2D eigenvalue weighted by Gasteiger charge is -2.06. The molecule has 4 heteroatoms. The first kappa shape index (κ1) is 16.1. The lowest BCUT2D eigenvalue weighted by atomic mass is 10.2. The molecule has 21 heavy (non-hydrogen) atoms. The number of nitrogens with one attached hydrogen (secondary N) is 1. The Morgan fingerprint density at radius 3 is 2.62 bits per heavy atom. The van der Waals surface area contributed by atoms with Gasteiger partial charge in [0.25, 0.3) is 0 Å². The van der Waals surface area contributed by atoms with Crippen molar-refractivity contribution in [2.75, 3.05) is 6.54 Å². The highest BCUT2D eigenvalue weighted by molar-refractivity contribution is 9.10. The fourth-order valence-corrected chi connectivity index (χ4v) is 2.26. The van der Waals surface area contributed by atoms with Crippen molar-refractivity contribution in [2.24, 2.45) is 5.92 Å². The van der Waals surface area contributed by atoms with Crippen LogP contribution < -0.4 is 10.1 Å². The summed E-state index contributed by atoms with van der Waals surface area (Å²) in [7, 11) is 0. The zero-order chi connectivity index (χ0) is 15.2. The van der Waals surface area contributed by atoms with E-state index in [1.807, 2.05) is 30.3 Å². The molecule has 0 saturated heterocycles. The molecule has 0 radical (unpaired) electrons. The van der Waals surface area contributed by atoms with Crippen molar-refractivity contribution < 1.29 is 9.15 Å². The van der Waals surface area contributed by atoms with Gasteiger partial charge in [0.05, 0.1) is 6.54 Å². The summed E-state index contributed by atoms with van der Waals surface area (Å²) in [5, 5.41) is 3.40. The molecule has 1 heterocycles. The largest absolute Gasteiger partial charge is 0.486 e. The van der Waals surface area contributed by atoms with Crippen LogP contribution in [0.15, 0.2) is 39.2 Å². The van der Waals surface area contributed by atoms with Gasteiger partial charge in [0.2, 0.25) is 0 Å². The Balaban J connectivity index is 1.87. The van der Waals surface area contributed by atoms with E-state index in [4.69, 9.17) is 9.15 Å². The van der Waals surface area contributed by atoms with Crippen molar-refractivity contribution in [1.82, 2.24) is 5.32 Å². The molecule has 2 aromatic rings. The number of benzene rings is 1. The van der Waals surface area contributed by atoms with Gasteiger partial charge >= 0.3 is 0 Å². The second kappa shape index (κ2) is 7.66. The monoisotopic (exact) mass is 351 g/mol. The second-order valence-corrected chi connectivity index (χ2v) is 6.50. The van der Waals surface area contributed by atoms with Gasteiger partial charge in [-0.3, -0.25) is 0 Å². The maximum absolute atomic E-state index is 5.84. The lowest BCUT2D eigenvalue weighted by molar-refractivity contribution is 0.264. The molecule has 1 aromatic heterocycles. The number of rotatable bonds is 7. The van der Waals surface area contributed by atoms with Crippen LogP contribution in [0.4, 0.5) is 0 Å². The number of halogens is 1. The summed E-state index contributed by atoms with van der Waals surface area (Å²) in [6, 6.07) is 9.84. The Hall–Kier alpha value is -1.26. The normalized spacial score (nSPS) is 11.1. The summed E-state index contributed by atoms with van der Waals surface area (Å²) in [5.74, 6) is 3.33. The standard InChI is InChI=1S/C17H22BrNO2/c1-12(2)9-19-10-17-13(3)8-16(21-17)11-20-15-6-4-14(18)5-7-15/h4-8,12,19H,9-11H2,1-3H3.